The van der Waals surface area contributed by atoms with Gasteiger partial charge in [-0.3, -0.25) is 4.79 Å². The van der Waals surface area contributed by atoms with Gasteiger partial charge in [-0.05, 0) is 29.3 Å². The average molecular weight is 274 g/mol. The third-order valence-electron chi connectivity index (χ3n) is 2.89. The summed E-state index contributed by atoms with van der Waals surface area (Å²) in [7, 11) is 0. The van der Waals surface area contributed by atoms with Crippen LogP contribution in [0.4, 0.5) is 10.1 Å². The minimum absolute atomic E-state index is 0.0113. The van der Waals surface area contributed by atoms with Crippen LogP contribution in [0.1, 0.15) is 21.5 Å². The van der Waals surface area contributed by atoms with Crippen LogP contribution < -0.4 is 11.1 Å². The number of halogens is 1. The number of nitrogen functional groups attached to an aromatic ring is 1. The molecule has 1 amide bonds. The van der Waals surface area contributed by atoms with E-state index in [9.17, 15) is 9.18 Å². The van der Waals surface area contributed by atoms with Crippen LogP contribution in [-0.4, -0.2) is 11.0 Å². The standard InChI is InChI=1S/C15H15FN2O2/c16-13-7-12(4-5-14(13)17)15(20)18-8-10-2-1-3-11(6-10)9-19/h1-7,19H,8-9,17H2,(H,18,20). The topological polar surface area (TPSA) is 75.4 Å². The molecule has 0 fully saturated rings. The lowest BCUT2D eigenvalue weighted by molar-refractivity contribution is 0.0950. The van der Waals surface area contributed by atoms with Gasteiger partial charge in [-0.25, -0.2) is 4.39 Å². The first-order valence-corrected chi connectivity index (χ1v) is 6.12. The number of aliphatic hydroxyl groups excluding tert-OH is 1. The van der Waals surface area contributed by atoms with E-state index >= 15 is 0 Å². The summed E-state index contributed by atoms with van der Waals surface area (Å²) < 4.78 is 13.3. The van der Waals surface area contributed by atoms with Gasteiger partial charge in [0.05, 0.1) is 12.3 Å². The highest BCUT2D eigenvalue weighted by Crippen LogP contribution is 2.12. The van der Waals surface area contributed by atoms with E-state index in [1.807, 2.05) is 6.07 Å². The van der Waals surface area contributed by atoms with E-state index in [0.29, 0.717) is 6.54 Å². The van der Waals surface area contributed by atoms with E-state index in [1.165, 1.54) is 12.1 Å². The molecule has 20 heavy (non-hydrogen) atoms. The molecule has 2 rings (SSSR count). The Hall–Kier alpha value is -2.40. The van der Waals surface area contributed by atoms with E-state index in [4.69, 9.17) is 10.8 Å². The third-order valence-corrected chi connectivity index (χ3v) is 2.89. The maximum Gasteiger partial charge on any atom is 0.251 e. The van der Waals surface area contributed by atoms with Crippen molar-refractivity contribution in [2.24, 2.45) is 0 Å². The molecule has 4 N–H and O–H groups in total. The van der Waals surface area contributed by atoms with Crippen molar-refractivity contribution in [2.45, 2.75) is 13.2 Å². The molecule has 0 aliphatic heterocycles. The van der Waals surface area contributed by atoms with E-state index < -0.39 is 5.82 Å². The fraction of sp³-hybridized carbons (Fsp3) is 0.133. The Labute approximate surface area is 116 Å². The Kier molecular flexibility index (Phi) is 4.32. The Bertz CT molecular complexity index is 629. The fourth-order valence-electron chi connectivity index (χ4n) is 1.79. The largest absolute Gasteiger partial charge is 0.396 e. The van der Waals surface area contributed by atoms with Crippen molar-refractivity contribution >= 4 is 11.6 Å². The van der Waals surface area contributed by atoms with Crippen molar-refractivity contribution in [3.63, 3.8) is 0 Å². The van der Waals surface area contributed by atoms with Gasteiger partial charge >= 0.3 is 0 Å². The second-order valence-corrected chi connectivity index (χ2v) is 4.40. The van der Waals surface area contributed by atoms with Crippen LogP contribution in [0.15, 0.2) is 42.5 Å². The van der Waals surface area contributed by atoms with Gasteiger partial charge in [0, 0.05) is 12.1 Å². The van der Waals surface area contributed by atoms with Crippen LogP contribution in [0.3, 0.4) is 0 Å². The van der Waals surface area contributed by atoms with Gasteiger partial charge in [0.2, 0.25) is 0 Å². The summed E-state index contributed by atoms with van der Waals surface area (Å²) in [4.78, 5) is 11.9. The average Bonchev–Trinajstić information content (AvgIpc) is 2.47. The molecule has 0 saturated heterocycles. The van der Waals surface area contributed by atoms with E-state index in [-0.39, 0.29) is 23.8 Å². The molecule has 0 atom stereocenters. The molecule has 2 aromatic carbocycles. The quantitative estimate of drug-likeness (QED) is 0.744. The SMILES string of the molecule is Nc1ccc(C(=O)NCc2cccc(CO)c2)cc1F. The maximum absolute atomic E-state index is 13.3. The van der Waals surface area contributed by atoms with Crippen LogP contribution in [0, 0.1) is 5.82 Å². The summed E-state index contributed by atoms with van der Waals surface area (Å²) in [6, 6.07) is 11.2. The van der Waals surface area contributed by atoms with Crippen LogP contribution >= 0.6 is 0 Å². The lowest BCUT2D eigenvalue weighted by Crippen LogP contribution is -2.23. The molecule has 5 heteroatoms. The molecule has 0 spiro atoms. The zero-order chi connectivity index (χ0) is 14.5. The van der Waals surface area contributed by atoms with Gasteiger partial charge in [-0.2, -0.15) is 0 Å². The molecule has 0 bridgehead atoms. The number of anilines is 1. The van der Waals surface area contributed by atoms with Gasteiger partial charge in [-0.1, -0.05) is 24.3 Å². The van der Waals surface area contributed by atoms with Gasteiger partial charge < -0.3 is 16.2 Å². The number of nitrogens with one attached hydrogen (secondary N) is 1. The number of carbonyl (C=O) groups excluding carboxylic acids is 1. The predicted octanol–water partition coefficient (Wildman–Crippen LogP) is 1.83. The molecule has 0 saturated carbocycles. The molecule has 0 aromatic heterocycles. The summed E-state index contributed by atoms with van der Waals surface area (Å²) in [5, 5.41) is 11.7. The van der Waals surface area contributed by atoms with Crippen LogP contribution in [0.5, 0.6) is 0 Å². The number of aliphatic hydroxyl groups is 1. The molecule has 0 aliphatic carbocycles. The molecular formula is C15H15FN2O2. The molecule has 104 valence electrons. The van der Waals surface area contributed by atoms with Crippen LogP contribution in [-0.2, 0) is 13.2 Å². The number of benzene rings is 2. The minimum Gasteiger partial charge on any atom is -0.396 e. The number of amides is 1. The second-order valence-electron chi connectivity index (χ2n) is 4.40. The molecule has 0 aliphatic rings. The number of nitrogens with two attached hydrogens (primary N) is 1. The van der Waals surface area contributed by atoms with Crippen molar-refractivity contribution in [2.75, 3.05) is 5.73 Å². The lowest BCUT2D eigenvalue weighted by Gasteiger charge is -2.07. The molecule has 0 radical (unpaired) electrons. The zero-order valence-corrected chi connectivity index (χ0v) is 10.8. The monoisotopic (exact) mass is 274 g/mol. The number of rotatable bonds is 4. The first kappa shape index (κ1) is 14.0. The summed E-state index contributed by atoms with van der Waals surface area (Å²) in [6.45, 7) is 0.254. The highest BCUT2D eigenvalue weighted by molar-refractivity contribution is 5.94. The Morgan fingerprint density at radius 2 is 1.95 bits per heavy atom. The van der Waals surface area contributed by atoms with E-state index in [0.717, 1.165) is 17.2 Å². The van der Waals surface area contributed by atoms with Crippen molar-refractivity contribution in [1.29, 1.82) is 0 Å². The molecule has 4 nitrogen and oxygen atoms in total. The van der Waals surface area contributed by atoms with Gasteiger partial charge in [0.1, 0.15) is 5.82 Å². The fourth-order valence-corrected chi connectivity index (χ4v) is 1.79. The van der Waals surface area contributed by atoms with Crippen molar-refractivity contribution in [1.82, 2.24) is 5.32 Å². The zero-order valence-electron chi connectivity index (χ0n) is 10.8. The minimum atomic E-state index is -0.611. The Balaban J connectivity index is 2.02. The summed E-state index contributed by atoms with van der Waals surface area (Å²) in [5.74, 6) is -0.988. The van der Waals surface area contributed by atoms with E-state index in [1.54, 1.807) is 18.2 Å². The van der Waals surface area contributed by atoms with Crippen molar-refractivity contribution in [3.05, 3.63) is 65.0 Å². The third kappa shape index (κ3) is 3.33. The first-order valence-electron chi connectivity index (χ1n) is 6.12. The molecule has 0 heterocycles. The van der Waals surface area contributed by atoms with Crippen LogP contribution in [0.2, 0.25) is 0 Å². The highest BCUT2D eigenvalue weighted by Gasteiger charge is 2.08. The van der Waals surface area contributed by atoms with Crippen molar-refractivity contribution < 1.29 is 14.3 Å². The maximum atomic E-state index is 13.3. The number of hydrogen-bond donors (Lipinski definition) is 3. The summed E-state index contributed by atoms with van der Waals surface area (Å²) in [6.07, 6.45) is 0. The van der Waals surface area contributed by atoms with Gasteiger partial charge in [0.25, 0.3) is 5.91 Å². The normalized spacial score (nSPS) is 10.3. The van der Waals surface area contributed by atoms with Gasteiger partial charge in [-0.15, -0.1) is 0 Å². The first-order chi connectivity index (χ1) is 9.60. The Morgan fingerprint density at radius 3 is 2.65 bits per heavy atom. The van der Waals surface area contributed by atoms with Crippen molar-refractivity contribution in [3.8, 4) is 0 Å². The Morgan fingerprint density at radius 1 is 1.20 bits per heavy atom. The van der Waals surface area contributed by atoms with E-state index in [2.05, 4.69) is 5.32 Å². The summed E-state index contributed by atoms with van der Waals surface area (Å²) in [5.41, 5.74) is 7.22. The molecule has 0 unspecified atom stereocenters. The number of hydrogen-bond acceptors (Lipinski definition) is 3. The van der Waals surface area contributed by atoms with Crippen LogP contribution in [0.25, 0.3) is 0 Å². The van der Waals surface area contributed by atoms with Gasteiger partial charge in [0.15, 0.2) is 0 Å². The highest BCUT2D eigenvalue weighted by atomic mass is 19.1. The lowest BCUT2D eigenvalue weighted by atomic mass is 10.1. The second kappa shape index (κ2) is 6.16. The number of carbonyl (C=O) groups is 1. The molecular weight excluding hydrogens is 259 g/mol. The smallest absolute Gasteiger partial charge is 0.251 e. The molecule has 2 aromatic rings. The predicted molar refractivity (Wildman–Crippen MR) is 74.3 cm³/mol. The summed E-state index contributed by atoms with van der Waals surface area (Å²) >= 11 is 0.